The highest BCUT2D eigenvalue weighted by Crippen LogP contribution is 2.31. The molecular formula is C25H25F2N7O3. The first-order valence-corrected chi connectivity index (χ1v) is 11.7. The van der Waals surface area contributed by atoms with Crippen molar-refractivity contribution < 1.29 is 23.1 Å². The molecule has 0 spiro atoms. The van der Waals surface area contributed by atoms with E-state index in [0.717, 1.165) is 6.20 Å². The average Bonchev–Trinajstić information content (AvgIpc) is 3.46. The van der Waals surface area contributed by atoms with E-state index in [9.17, 15) is 18.4 Å². The van der Waals surface area contributed by atoms with Crippen LogP contribution in [0.2, 0.25) is 0 Å². The molecule has 3 amide bonds. The van der Waals surface area contributed by atoms with Crippen molar-refractivity contribution in [3.05, 3.63) is 70.7 Å². The summed E-state index contributed by atoms with van der Waals surface area (Å²) in [5, 5.41) is 12.5. The molecule has 0 aliphatic carbocycles. The fourth-order valence-corrected chi connectivity index (χ4v) is 4.52. The van der Waals surface area contributed by atoms with Gasteiger partial charge < -0.3 is 15.0 Å². The quantitative estimate of drug-likeness (QED) is 0.569. The molecule has 192 valence electrons. The van der Waals surface area contributed by atoms with Crippen molar-refractivity contribution in [2.45, 2.75) is 32.4 Å². The molecule has 37 heavy (non-hydrogen) atoms. The largest absolute Gasteiger partial charge is 0.483 e. The van der Waals surface area contributed by atoms with Crippen LogP contribution in [0.1, 0.15) is 39.8 Å². The van der Waals surface area contributed by atoms with E-state index >= 15 is 0 Å². The van der Waals surface area contributed by atoms with Crippen LogP contribution in [0.4, 0.5) is 13.6 Å². The Bertz CT molecular complexity index is 1400. The number of urea groups is 1. The molecule has 1 N–H and O–H groups in total. The number of hydrogen-bond donors (Lipinski definition) is 1. The summed E-state index contributed by atoms with van der Waals surface area (Å²) in [6.07, 6.45) is 2.71. The molecule has 1 atom stereocenters. The minimum Gasteiger partial charge on any atom is -0.483 e. The van der Waals surface area contributed by atoms with Crippen molar-refractivity contribution in [1.29, 1.82) is 0 Å². The van der Waals surface area contributed by atoms with Gasteiger partial charge in [-0.2, -0.15) is 10.2 Å². The number of likely N-dealkylation sites (tertiary alicyclic amines) is 1. The Kier molecular flexibility index (Phi) is 6.32. The number of benzene rings is 1. The lowest BCUT2D eigenvalue weighted by molar-refractivity contribution is 0.0256. The number of hydrogen-bond acceptors (Lipinski definition) is 6. The number of hydrazone groups is 1. The van der Waals surface area contributed by atoms with Crippen LogP contribution >= 0.6 is 0 Å². The SMILES string of the molecule is CNC(=O)c1c(C)nn(-c2cc(OC3CN(C(=O)N4N=CCC4c4cccc(F)c4)C3)c(F)cn2)c1C. The molecule has 3 aromatic rings. The number of pyridine rings is 1. The van der Waals surface area contributed by atoms with E-state index in [0.29, 0.717) is 34.8 Å². The Balaban J connectivity index is 1.26. The van der Waals surface area contributed by atoms with Crippen molar-refractivity contribution in [1.82, 2.24) is 30.0 Å². The minimum absolute atomic E-state index is 0.0343. The first-order valence-electron chi connectivity index (χ1n) is 11.7. The molecule has 1 saturated heterocycles. The molecule has 1 unspecified atom stereocenters. The number of carbonyl (C=O) groups is 2. The lowest BCUT2D eigenvalue weighted by Crippen LogP contribution is -2.58. The van der Waals surface area contributed by atoms with E-state index in [1.54, 1.807) is 32.2 Å². The van der Waals surface area contributed by atoms with Crippen LogP contribution < -0.4 is 10.1 Å². The van der Waals surface area contributed by atoms with E-state index in [1.807, 2.05) is 0 Å². The number of amides is 3. The Hall–Kier alpha value is -4.35. The van der Waals surface area contributed by atoms with Gasteiger partial charge in [-0.1, -0.05) is 12.1 Å². The second-order valence-electron chi connectivity index (χ2n) is 8.89. The molecule has 5 rings (SSSR count). The zero-order chi connectivity index (χ0) is 26.3. The third kappa shape index (κ3) is 4.50. The van der Waals surface area contributed by atoms with Gasteiger partial charge >= 0.3 is 6.03 Å². The molecule has 1 aromatic carbocycles. The summed E-state index contributed by atoms with van der Waals surface area (Å²) in [7, 11) is 1.53. The lowest BCUT2D eigenvalue weighted by atomic mass is 10.0. The van der Waals surface area contributed by atoms with E-state index in [-0.39, 0.29) is 42.6 Å². The fraction of sp³-hybridized carbons (Fsp3) is 0.320. The van der Waals surface area contributed by atoms with Gasteiger partial charge in [-0.25, -0.2) is 28.3 Å². The van der Waals surface area contributed by atoms with Gasteiger partial charge in [0, 0.05) is 25.7 Å². The maximum Gasteiger partial charge on any atom is 0.341 e. The third-order valence-corrected chi connectivity index (χ3v) is 6.44. The highest BCUT2D eigenvalue weighted by atomic mass is 19.1. The van der Waals surface area contributed by atoms with Crippen molar-refractivity contribution >= 4 is 18.2 Å². The number of aryl methyl sites for hydroxylation is 1. The molecule has 0 radical (unpaired) electrons. The van der Waals surface area contributed by atoms with Gasteiger partial charge in [-0.05, 0) is 31.5 Å². The summed E-state index contributed by atoms with van der Waals surface area (Å²) in [5.41, 5.74) is 2.15. The Morgan fingerprint density at radius 2 is 1.95 bits per heavy atom. The maximum atomic E-state index is 14.5. The van der Waals surface area contributed by atoms with Crippen molar-refractivity contribution in [3.8, 4) is 11.6 Å². The molecule has 0 bridgehead atoms. The van der Waals surface area contributed by atoms with Crippen LogP contribution in [0.25, 0.3) is 5.82 Å². The van der Waals surface area contributed by atoms with E-state index < -0.39 is 11.9 Å². The molecule has 10 nitrogen and oxygen atoms in total. The molecule has 2 aliphatic rings. The minimum atomic E-state index is -0.656. The fourth-order valence-electron chi connectivity index (χ4n) is 4.52. The number of ether oxygens (including phenoxy) is 1. The average molecular weight is 510 g/mol. The highest BCUT2D eigenvalue weighted by molar-refractivity contribution is 5.96. The summed E-state index contributed by atoms with van der Waals surface area (Å²) in [5.74, 6) is -1.05. The number of rotatable bonds is 5. The number of carbonyl (C=O) groups excluding carboxylic acids is 2. The van der Waals surface area contributed by atoms with Gasteiger partial charge in [0.2, 0.25) is 0 Å². The lowest BCUT2D eigenvalue weighted by Gasteiger charge is -2.41. The number of nitrogens with zero attached hydrogens (tertiary/aromatic N) is 6. The number of aromatic nitrogens is 3. The normalized spacial score (nSPS) is 17.2. The summed E-state index contributed by atoms with van der Waals surface area (Å²) >= 11 is 0. The van der Waals surface area contributed by atoms with Crippen molar-refractivity contribution in [2.24, 2.45) is 5.10 Å². The molecule has 2 aliphatic heterocycles. The summed E-state index contributed by atoms with van der Waals surface area (Å²) < 4.78 is 35.5. The van der Waals surface area contributed by atoms with Crippen LogP contribution in [0.15, 0.2) is 41.6 Å². The summed E-state index contributed by atoms with van der Waals surface area (Å²) in [4.78, 5) is 30.8. The van der Waals surface area contributed by atoms with E-state index in [1.165, 1.54) is 39.8 Å². The number of nitrogens with one attached hydrogen (secondary N) is 1. The van der Waals surface area contributed by atoms with Crippen molar-refractivity contribution in [3.63, 3.8) is 0 Å². The predicted molar refractivity (Wildman–Crippen MR) is 130 cm³/mol. The number of halogens is 2. The first kappa shape index (κ1) is 24.3. The van der Waals surface area contributed by atoms with Crippen LogP contribution in [0.5, 0.6) is 5.75 Å². The Morgan fingerprint density at radius 3 is 2.68 bits per heavy atom. The topological polar surface area (TPSA) is 105 Å². The second-order valence-corrected chi connectivity index (χ2v) is 8.89. The molecule has 2 aromatic heterocycles. The summed E-state index contributed by atoms with van der Waals surface area (Å²) in [6, 6.07) is 6.80. The molecule has 4 heterocycles. The van der Waals surface area contributed by atoms with Gasteiger partial charge in [0.05, 0.1) is 42.3 Å². The smallest absolute Gasteiger partial charge is 0.341 e. The molecule has 12 heteroatoms. The van der Waals surface area contributed by atoms with Crippen LogP contribution in [-0.2, 0) is 0 Å². The highest BCUT2D eigenvalue weighted by Gasteiger charge is 2.39. The van der Waals surface area contributed by atoms with Crippen LogP contribution in [-0.4, -0.2) is 69.1 Å². The second kappa shape index (κ2) is 9.60. The first-order chi connectivity index (χ1) is 17.8. The monoisotopic (exact) mass is 509 g/mol. The summed E-state index contributed by atoms with van der Waals surface area (Å²) in [6.45, 7) is 3.90. The van der Waals surface area contributed by atoms with E-state index in [4.69, 9.17) is 4.74 Å². The predicted octanol–water partition coefficient (Wildman–Crippen LogP) is 3.14. The van der Waals surface area contributed by atoms with Gasteiger partial charge in [0.25, 0.3) is 5.91 Å². The van der Waals surface area contributed by atoms with Crippen molar-refractivity contribution in [2.75, 3.05) is 20.1 Å². The zero-order valence-electron chi connectivity index (χ0n) is 20.5. The standard InChI is InChI=1S/C25H25F2N7O3/c1-14-23(24(35)28-3)15(2)33(31-14)22-10-21(19(27)11-29-22)37-18-12-32(13-18)25(36)34-20(7-8-30-34)16-5-4-6-17(26)9-16/h4-6,8-11,18,20H,7,12-13H2,1-3H3,(H,28,35). The van der Waals surface area contributed by atoms with Gasteiger partial charge in [0.15, 0.2) is 17.4 Å². The Labute approximate surface area is 211 Å². The molecule has 1 fully saturated rings. The van der Waals surface area contributed by atoms with Gasteiger partial charge in [-0.3, -0.25) is 4.79 Å². The zero-order valence-corrected chi connectivity index (χ0v) is 20.5. The van der Waals surface area contributed by atoms with Gasteiger partial charge in [0.1, 0.15) is 11.9 Å². The van der Waals surface area contributed by atoms with E-state index in [2.05, 4.69) is 20.5 Å². The van der Waals surface area contributed by atoms with Crippen LogP contribution in [0.3, 0.4) is 0 Å². The van der Waals surface area contributed by atoms with Crippen LogP contribution in [0, 0.1) is 25.5 Å². The molecule has 0 saturated carbocycles. The maximum absolute atomic E-state index is 14.5. The van der Waals surface area contributed by atoms with Gasteiger partial charge in [-0.15, -0.1) is 0 Å². The third-order valence-electron chi connectivity index (χ3n) is 6.44. The Morgan fingerprint density at radius 1 is 1.16 bits per heavy atom. The molecular weight excluding hydrogens is 484 g/mol.